The third kappa shape index (κ3) is 5.62. The average molecular weight is 321 g/mol. The van der Waals surface area contributed by atoms with Crippen LogP contribution in [0.2, 0.25) is 0 Å². The topological polar surface area (TPSA) is 110 Å². The number of carboxylic acid groups (broad SMARTS) is 1. The molecular formula is C13H23NO6S. The summed E-state index contributed by atoms with van der Waals surface area (Å²) in [5.41, 5.74) is -1.03. The first kappa shape index (κ1) is 17.9. The maximum Gasteiger partial charge on any atom is 0.310 e. The van der Waals surface area contributed by atoms with E-state index in [1.165, 1.54) is 7.11 Å². The molecule has 2 N–H and O–H groups in total. The molecule has 0 saturated heterocycles. The molecule has 21 heavy (non-hydrogen) atoms. The fourth-order valence-corrected chi connectivity index (χ4v) is 3.59. The molecule has 0 atom stereocenters. The Hall–Kier alpha value is -1.15. The Kier molecular flexibility index (Phi) is 6.60. The molecule has 1 fully saturated rings. The van der Waals surface area contributed by atoms with Gasteiger partial charge in [-0.15, -0.1) is 0 Å². The Bertz CT molecular complexity index is 465. The van der Waals surface area contributed by atoms with Crippen molar-refractivity contribution in [3.05, 3.63) is 0 Å². The second-order valence-electron chi connectivity index (χ2n) is 5.47. The zero-order valence-electron chi connectivity index (χ0n) is 12.3. The van der Waals surface area contributed by atoms with Gasteiger partial charge in [0.15, 0.2) is 0 Å². The Labute approximate surface area is 125 Å². The summed E-state index contributed by atoms with van der Waals surface area (Å²) in [6.07, 6.45) is 4.23. The van der Waals surface area contributed by atoms with E-state index in [0.717, 1.165) is 25.7 Å². The Morgan fingerprint density at radius 3 is 2.24 bits per heavy atom. The quantitative estimate of drug-likeness (QED) is 0.532. The number of ether oxygens (including phenoxy) is 1. The highest BCUT2D eigenvalue weighted by Gasteiger charge is 2.39. The highest BCUT2D eigenvalue weighted by molar-refractivity contribution is 7.89. The number of methoxy groups -OCH3 is 1. The Morgan fingerprint density at radius 1 is 1.19 bits per heavy atom. The van der Waals surface area contributed by atoms with Crippen LogP contribution in [-0.2, 0) is 24.3 Å². The van der Waals surface area contributed by atoms with Crippen LogP contribution in [0.1, 0.15) is 44.9 Å². The molecule has 8 heteroatoms. The number of sulfonamides is 1. The standard InChI is InChI=1S/C13H23NO6S/c1-20-11(15)6-9-21(18,19)14-10-13(12(16)17)7-4-2-3-5-8-13/h14H,2-10H2,1H3,(H,16,17). The molecule has 0 bridgehead atoms. The number of carboxylic acids is 1. The van der Waals surface area contributed by atoms with Crippen molar-refractivity contribution in [1.82, 2.24) is 4.72 Å². The van der Waals surface area contributed by atoms with Crippen molar-refractivity contribution in [3.8, 4) is 0 Å². The predicted molar refractivity (Wildman–Crippen MR) is 76.2 cm³/mol. The second kappa shape index (κ2) is 7.74. The summed E-state index contributed by atoms with van der Waals surface area (Å²) in [4.78, 5) is 22.5. The second-order valence-corrected chi connectivity index (χ2v) is 7.39. The molecule has 1 rings (SSSR count). The fourth-order valence-electron chi connectivity index (χ4n) is 2.51. The molecule has 1 aliphatic carbocycles. The summed E-state index contributed by atoms with van der Waals surface area (Å²) < 4.78 is 30.4. The van der Waals surface area contributed by atoms with Crippen molar-refractivity contribution in [2.45, 2.75) is 44.9 Å². The molecule has 0 aromatic heterocycles. The number of aliphatic carboxylic acids is 1. The first-order valence-electron chi connectivity index (χ1n) is 7.09. The number of esters is 1. The van der Waals surface area contributed by atoms with E-state index in [1.807, 2.05) is 0 Å². The minimum atomic E-state index is -3.68. The molecule has 0 spiro atoms. The fraction of sp³-hybridized carbons (Fsp3) is 0.846. The van der Waals surface area contributed by atoms with Crippen LogP contribution in [0, 0.1) is 5.41 Å². The van der Waals surface area contributed by atoms with E-state index in [9.17, 15) is 23.1 Å². The zero-order valence-corrected chi connectivity index (χ0v) is 13.1. The van der Waals surface area contributed by atoms with Crippen molar-refractivity contribution in [3.63, 3.8) is 0 Å². The van der Waals surface area contributed by atoms with Crippen LogP contribution in [0.15, 0.2) is 0 Å². The highest BCUT2D eigenvalue weighted by Crippen LogP contribution is 2.35. The van der Waals surface area contributed by atoms with Crippen molar-refractivity contribution in [1.29, 1.82) is 0 Å². The van der Waals surface area contributed by atoms with Gasteiger partial charge in [-0.2, -0.15) is 0 Å². The van der Waals surface area contributed by atoms with E-state index in [4.69, 9.17) is 0 Å². The van der Waals surface area contributed by atoms with Crippen LogP contribution < -0.4 is 4.72 Å². The average Bonchev–Trinajstić information content (AvgIpc) is 2.69. The highest BCUT2D eigenvalue weighted by atomic mass is 32.2. The van der Waals surface area contributed by atoms with Gasteiger partial charge in [0.25, 0.3) is 0 Å². The lowest BCUT2D eigenvalue weighted by atomic mass is 9.80. The number of carbonyl (C=O) groups excluding carboxylic acids is 1. The van der Waals surface area contributed by atoms with E-state index in [2.05, 4.69) is 9.46 Å². The SMILES string of the molecule is COC(=O)CCS(=O)(=O)NCC1(C(=O)O)CCCCCC1. The maximum atomic E-state index is 11.8. The van der Waals surface area contributed by atoms with Gasteiger partial charge in [-0.05, 0) is 12.8 Å². The van der Waals surface area contributed by atoms with Crippen LogP contribution in [0.3, 0.4) is 0 Å². The monoisotopic (exact) mass is 321 g/mol. The minimum absolute atomic E-state index is 0.119. The predicted octanol–water partition coefficient (Wildman–Crippen LogP) is 0.894. The summed E-state index contributed by atoms with van der Waals surface area (Å²) >= 11 is 0. The molecule has 0 aliphatic heterocycles. The maximum absolute atomic E-state index is 11.8. The third-order valence-corrected chi connectivity index (χ3v) is 5.27. The van der Waals surface area contributed by atoms with Gasteiger partial charge in [-0.25, -0.2) is 13.1 Å². The van der Waals surface area contributed by atoms with E-state index < -0.39 is 33.1 Å². The van der Waals surface area contributed by atoms with Gasteiger partial charge in [0, 0.05) is 6.54 Å². The van der Waals surface area contributed by atoms with E-state index in [0.29, 0.717) is 12.8 Å². The molecule has 0 heterocycles. The van der Waals surface area contributed by atoms with Gasteiger partial charge < -0.3 is 9.84 Å². The Balaban J connectivity index is 2.64. The van der Waals surface area contributed by atoms with E-state index in [1.54, 1.807) is 0 Å². The summed E-state index contributed by atoms with van der Waals surface area (Å²) in [6.45, 7) is -0.119. The zero-order chi connectivity index (χ0) is 15.9. The third-order valence-electron chi connectivity index (χ3n) is 3.95. The Morgan fingerprint density at radius 2 is 1.76 bits per heavy atom. The van der Waals surface area contributed by atoms with E-state index >= 15 is 0 Å². The first-order chi connectivity index (χ1) is 9.81. The molecule has 0 amide bonds. The smallest absolute Gasteiger partial charge is 0.310 e. The van der Waals surface area contributed by atoms with Crippen LogP contribution in [0.25, 0.3) is 0 Å². The molecule has 1 saturated carbocycles. The summed E-state index contributed by atoms with van der Waals surface area (Å²) in [5.74, 6) is -1.96. The molecule has 1 aliphatic rings. The number of rotatable bonds is 7. The molecule has 122 valence electrons. The van der Waals surface area contributed by atoms with Gasteiger partial charge in [0.05, 0.1) is 24.7 Å². The number of carbonyl (C=O) groups is 2. The molecular weight excluding hydrogens is 298 g/mol. The molecule has 0 aromatic carbocycles. The molecule has 0 radical (unpaired) electrons. The number of hydrogen-bond donors (Lipinski definition) is 2. The van der Waals surface area contributed by atoms with Gasteiger partial charge in [0.2, 0.25) is 10.0 Å². The number of nitrogens with one attached hydrogen (secondary N) is 1. The number of hydrogen-bond acceptors (Lipinski definition) is 5. The van der Waals surface area contributed by atoms with Gasteiger partial charge >= 0.3 is 11.9 Å². The molecule has 0 unspecified atom stereocenters. The lowest BCUT2D eigenvalue weighted by molar-refractivity contribution is -0.149. The molecule has 7 nitrogen and oxygen atoms in total. The lowest BCUT2D eigenvalue weighted by Gasteiger charge is -2.28. The molecule has 0 aromatic rings. The van der Waals surface area contributed by atoms with Gasteiger partial charge in [-0.1, -0.05) is 25.7 Å². The largest absolute Gasteiger partial charge is 0.481 e. The van der Waals surface area contributed by atoms with Crippen LogP contribution in [0.4, 0.5) is 0 Å². The van der Waals surface area contributed by atoms with Crippen LogP contribution >= 0.6 is 0 Å². The normalized spacial score (nSPS) is 18.7. The van der Waals surface area contributed by atoms with E-state index in [-0.39, 0.29) is 13.0 Å². The summed E-state index contributed by atoms with van der Waals surface area (Å²) in [6, 6.07) is 0. The van der Waals surface area contributed by atoms with Gasteiger partial charge in [-0.3, -0.25) is 9.59 Å². The van der Waals surface area contributed by atoms with Crippen molar-refractivity contribution < 1.29 is 27.9 Å². The summed E-state index contributed by atoms with van der Waals surface area (Å²) in [7, 11) is -2.50. The van der Waals surface area contributed by atoms with Gasteiger partial charge in [0.1, 0.15) is 0 Å². The lowest BCUT2D eigenvalue weighted by Crippen LogP contribution is -2.43. The summed E-state index contributed by atoms with van der Waals surface area (Å²) in [5, 5.41) is 9.46. The van der Waals surface area contributed by atoms with Crippen LogP contribution in [-0.4, -0.2) is 44.9 Å². The van der Waals surface area contributed by atoms with Crippen molar-refractivity contribution >= 4 is 22.0 Å². The van der Waals surface area contributed by atoms with Crippen molar-refractivity contribution in [2.75, 3.05) is 19.4 Å². The minimum Gasteiger partial charge on any atom is -0.481 e. The first-order valence-corrected chi connectivity index (χ1v) is 8.74. The van der Waals surface area contributed by atoms with Crippen LogP contribution in [0.5, 0.6) is 0 Å². The van der Waals surface area contributed by atoms with Crippen molar-refractivity contribution in [2.24, 2.45) is 5.41 Å².